The van der Waals surface area contributed by atoms with Gasteiger partial charge >= 0.3 is 0 Å². The summed E-state index contributed by atoms with van der Waals surface area (Å²) in [5.74, 6) is -0.0817. The maximum atomic E-state index is 12.2. The number of carbonyl (C=O) groups excluding carboxylic acids is 1. The van der Waals surface area contributed by atoms with E-state index in [-0.39, 0.29) is 5.91 Å². The topological polar surface area (TPSA) is 72.1 Å². The van der Waals surface area contributed by atoms with Crippen LogP contribution in [-0.2, 0) is 13.1 Å². The van der Waals surface area contributed by atoms with E-state index >= 15 is 0 Å². The molecule has 0 fully saturated rings. The van der Waals surface area contributed by atoms with Crippen LogP contribution in [0, 0.1) is 0 Å². The van der Waals surface area contributed by atoms with Gasteiger partial charge in [0.15, 0.2) is 0 Å². The van der Waals surface area contributed by atoms with Crippen molar-refractivity contribution in [2.24, 2.45) is 5.73 Å². The predicted octanol–water partition coefficient (Wildman–Crippen LogP) is 1.21. The van der Waals surface area contributed by atoms with Crippen LogP contribution in [0.5, 0.6) is 0 Å². The highest BCUT2D eigenvalue weighted by Crippen LogP contribution is 2.12. The molecule has 1 aromatic heterocycles. The Morgan fingerprint density at radius 2 is 1.95 bits per heavy atom. The van der Waals surface area contributed by atoms with E-state index in [4.69, 9.17) is 5.73 Å². The number of rotatable bonds is 4. The summed E-state index contributed by atoms with van der Waals surface area (Å²) in [6, 6.07) is 9.50. The summed E-state index contributed by atoms with van der Waals surface area (Å²) in [5, 5.41) is 7.37. The highest BCUT2D eigenvalue weighted by atomic mass is 16.2. The molecule has 5 heteroatoms. The number of hydrogen-bond donors (Lipinski definition) is 1. The van der Waals surface area contributed by atoms with Crippen LogP contribution in [0.2, 0.25) is 0 Å². The molecule has 2 N–H and O–H groups in total. The van der Waals surface area contributed by atoms with E-state index in [1.54, 1.807) is 18.0 Å². The summed E-state index contributed by atoms with van der Waals surface area (Å²) < 4.78 is 0. The van der Waals surface area contributed by atoms with Gasteiger partial charge in [0, 0.05) is 20.1 Å². The molecule has 0 unspecified atom stereocenters. The second-order valence-corrected chi connectivity index (χ2v) is 4.27. The molecule has 0 aliphatic heterocycles. The molecule has 0 bridgehead atoms. The molecular formula is C14H16N4O. The van der Waals surface area contributed by atoms with Crippen molar-refractivity contribution in [1.29, 1.82) is 0 Å². The highest BCUT2D eigenvalue weighted by Gasteiger charge is 2.13. The summed E-state index contributed by atoms with van der Waals surface area (Å²) >= 11 is 0. The SMILES string of the molecule is CN(Cc1ccccc1CN)C(=O)c1ccnnc1. The minimum Gasteiger partial charge on any atom is -0.337 e. The molecule has 5 nitrogen and oxygen atoms in total. The Morgan fingerprint density at radius 3 is 2.58 bits per heavy atom. The molecule has 0 aliphatic rings. The first-order chi connectivity index (χ1) is 9.22. The molecule has 1 heterocycles. The monoisotopic (exact) mass is 256 g/mol. The molecule has 1 amide bonds. The first kappa shape index (κ1) is 13.2. The van der Waals surface area contributed by atoms with Gasteiger partial charge in [0.1, 0.15) is 0 Å². The lowest BCUT2D eigenvalue weighted by atomic mass is 10.1. The summed E-state index contributed by atoms with van der Waals surface area (Å²) in [5.41, 5.74) is 8.33. The molecule has 2 rings (SSSR count). The van der Waals surface area contributed by atoms with Crippen molar-refractivity contribution < 1.29 is 4.79 Å². The van der Waals surface area contributed by atoms with Crippen molar-refractivity contribution in [3.63, 3.8) is 0 Å². The van der Waals surface area contributed by atoms with Gasteiger partial charge in [-0.2, -0.15) is 10.2 Å². The number of hydrogen-bond acceptors (Lipinski definition) is 4. The Kier molecular flexibility index (Phi) is 4.20. The van der Waals surface area contributed by atoms with Gasteiger partial charge in [0.2, 0.25) is 0 Å². The summed E-state index contributed by atoms with van der Waals surface area (Å²) in [6.45, 7) is 0.990. The molecule has 0 atom stereocenters. The van der Waals surface area contributed by atoms with E-state index in [1.165, 1.54) is 12.4 Å². The zero-order valence-electron chi connectivity index (χ0n) is 10.8. The lowest BCUT2D eigenvalue weighted by Gasteiger charge is -2.18. The van der Waals surface area contributed by atoms with Gasteiger partial charge in [0.05, 0.1) is 18.0 Å². The van der Waals surface area contributed by atoms with E-state index < -0.39 is 0 Å². The fourth-order valence-corrected chi connectivity index (χ4v) is 1.88. The van der Waals surface area contributed by atoms with Crippen LogP contribution in [0.1, 0.15) is 21.5 Å². The molecule has 2 aromatic rings. The minimum atomic E-state index is -0.0817. The molecule has 0 spiro atoms. The van der Waals surface area contributed by atoms with Gasteiger partial charge in [0.25, 0.3) is 5.91 Å². The molecule has 0 radical (unpaired) electrons. The molecular weight excluding hydrogens is 240 g/mol. The number of amides is 1. The molecule has 1 aromatic carbocycles. The number of benzene rings is 1. The molecule has 0 aliphatic carbocycles. The average Bonchev–Trinajstić information content (AvgIpc) is 2.48. The second-order valence-electron chi connectivity index (χ2n) is 4.27. The Labute approximate surface area is 112 Å². The van der Waals surface area contributed by atoms with E-state index in [0.29, 0.717) is 18.7 Å². The highest BCUT2D eigenvalue weighted by molar-refractivity contribution is 5.93. The number of aromatic nitrogens is 2. The third-order valence-electron chi connectivity index (χ3n) is 2.92. The lowest BCUT2D eigenvalue weighted by Crippen LogP contribution is -2.27. The van der Waals surface area contributed by atoms with Crippen LogP contribution in [0.25, 0.3) is 0 Å². The van der Waals surface area contributed by atoms with Crippen molar-refractivity contribution >= 4 is 5.91 Å². The zero-order valence-corrected chi connectivity index (χ0v) is 10.8. The number of carbonyl (C=O) groups is 1. The lowest BCUT2D eigenvalue weighted by molar-refractivity contribution is 0.0784. The van der Waals surface area contributed by atoms with Crippen LogP contribution in [0.4, 0.5) is 0 Å². The van der Waals surface area contributed by atoms with Crippen molar-refractivity contribution in [1.82, 2.24) is 15.1 Å². The third-order valence-corrected chi connectivity index (χ3v) is 2.92. The van der Waals surface area contributed by atoms with Crippen LogP contribution in [0.3, 0.4) is 0 Å². The van der Waals surface area contributed by atoms with Gasteiger partial charge in [-0.15, -0.1) is 0 Å². The summed E-state index contributed by atoms with van der Waals surface area (Å²) in [4.78, 5) is 13.8. The fraction of sp³-hybridized carbons (Fsp3) is 0.214. The van der Waals surface area contributed by atoms with Crippen molar-refractivity contribution in [3.05, 3.63) is 59.4 Å². The van der Waals surface area contributed by atoms with Crippen molar-refractivity contribution in [3.8, 4) is 0 Å². The molecule has 0 saturated heterocycles. The van der Waals surface area contributed by atoms with E-state index in [2.05, 4.69) is 10.2 Å². The molecule has 98 valence electrons. The maximum absolute atomic E-state index is 12.2. The van der Waals surface area contributed by atoms with Gasteiger partial charge in [-0.05, 0) is 17.2 Å². The quantitative estimate of drug-likeness (QED) is 0.892. The van der Waals surface area contributed by atoms with Crippen LogP contribution in [0.15, 0.2) is 42.7 Å². The van der Waals surface area contributed by atoms with Crippen LogP contribution in [-0.4, -0.2) is 28.1 Å². The first-order valence-corrected chi connectivity index (χ1v) is 6.01. The third kappa shape index (κ3) is 3.14. The van der Waals surface area contributed by atoms with Crippen LogP contribution >= 0.6 is 0 Å². The number of nitrogens with zero attached hydrogens (tertiary/aromatic N) is 3. The van der Waals surface area contributed by atoms with Gasteiger partial charge < -0.3 is 10.6 Å². The van der Waals surface area contributed by atoms with Crippen molar-refractivity contribution in [2.45, 2.75) is 13.1 Å². The Balaban J connectivity index is 2.13. The van der Waals surface area contributed by atoms with E-state index in [0.717, 1.165) is 11.1 Å². The normalized spacial score (nSPS) is 10.2. The van der Waals surface area contributed by atoms with E-state index in [1.807, 2.05) is 24.3 Å². The fourth-order valence-electron chi connectivity index (χ4n) is 1.88. The van der Waals surface area contributed by atoms with Gasteiger partial charge in [-0.1, -0.05) is 24.3 Å². The van der Waals surface area contributed by atoms with Gasteiger partial charge in [-0.3, -0.25) is 4.79 Å². The first-order valence-electron chi connectivity index (χ1n) is 6.01. The van der Waals surface area contributed by atoms with Gasteiger partial charge in [-0.25, -0.2) is 0 Å². The summed E-state index contributed by atoms with van der Waals surface area (Å²) in [6.07, 6.45) is 2.97. The standard InChI is InChI=1S/C14H16N4O/c1-18(14(19)12-6-7-16-17-9-12)10-13-5-3-2-4-11(13)8-15/h2-7,9H,8,10,15H2,1H3. The minimum absolute atomic E-state index is 0.0817. The predicted molar refractivity (Wildman–Crippen MR) is 72.2 cm³/mol. The average molecular weight is 256 g/mol. The Bertz CT molecular complexity index is 556. The Hall–Kier alpha value is -2.27. The maximum Gasteiger partial charge on any atom is 0.255 e. The molecule has 0 saturated carbocycles. The smallest absolute Gasteiger partial charge is 0.255 e. The van der Waals surface area contributed by atoms with E-state index in [9.17, 15) is 4.79 Å². The van der Waals surface area contributed by atoms with Crippen molar-refractivity contribution in [2.75, 3.05) is 7.05 Å². The number of nitrogens with two attached hydrogens (primary N) is 1. The molecule has 19 heavy (non-hydrogen) atoms. The Morgan fingerprint density at radius 1 is 1.21 bits per heavy atom. The summed E-state index contributed by atoms with van der Waals surface area (Å²) in [7, 11) is 1.76. The largest absolute Gasteiger partial charge is 0.337 e. The van der Waals surface area contributed by atoms with Crippen LogP contribution < -0.4 is 5.73 Å². The second kappa shape index (κ2) is 6.06. The zero-order chi connectivity index (χ0) is 13.7.